The van der Waals surface area contributed by atoms with Crippen LogP contribution < -0.4 is 10.6 Å². The Morgan fingerprint density at radius 2 is 2.00 bits per heavy atom. The van der Waals surface area contributed by atoms with Gasteiger partial charge in [-0.2, -0.15) is 0 Å². The van der Waals surface area contributed by atoms with Crippen LogP contribution in [0.15, 0.2) is 24.3 Å². The van der Waals surface area contributed by atoms with Gasteiger partial charge in [0.05, 0.1) is 6.10 Å². The lowest BCUT2D eigenvalue weighted by Gasteiger charge is -2.10. The monoisotopic (exact) mass is 270 g/mol. The van der Waals surface area contributed by atoms with E-state index in [0.717, 1.165) is 5.56 Å². The molecule has 1 aromatic rings. The van der Waals surface area contributed by atoms with Crippen molar-refractivity contribution in [3.8, 4) is 0 Å². The molecule has 3 N–H and O–H groups in total. The van der Waals surface area contributed by atoms with Gasteiger partial charge in [0.25, 0.3) is 0 Å². The van der Waals surface area contributed by atoms with Gasteiger partial charge in [-0.25, -0.2) is 4.79 Å². The van der Waals surface area contributed by atoms with E-state index in [1.165, 1.54) is 0 Å². The summed E-state index contributed by atoms with van der Waals surface area (Å²) in [5.74, 6) is 0. The van der Waals surface area contributed by atoms with Gasteiger partial charge in [-0.3, -0.25) is 0 Å². The molecule has 0 spiro atoms. The first kappa shape index (κ1) is 14.8. The summed E-state index contributed by atoms with van der Waals surface area (Å²) in [6, 6.07) is 7.07. The molecule has 1 rings (SSSR count). The molecular formula is C13H19ClN2O2. The van der Waals surface area contributed by atoms with Crippen LogP contribution in [0, 0.1) is 0 Å². The van der Waals surface area contributed by atoms with Gasteiger partial charge >= 0.3 is 6.03 Å². The third kappa shape index (κ3) is 5.89. The molecule has 4 nitrogen and oxygen atoms in total. The summed E-state index contributed by atoms with van der Waals surface area (Å²) < 4.78 is 0. The van der Waals surface area contributed by atoms with Crippen LogP contribution in [0.3, 0.4) is 0 Å². The van der Waals surface area contributed by atoms with E-state index in [1.54, 1.807) is 12.1 Å². The van der Waals surface area contributed by atoms with Crippen molar-refractivity contribution >= 4 is 17.6 Å². The number of hydrogen-bond acceptors (Lipinski definition) is 2. The predicted molar refractivity (Wildman–Crippen MR) is 72.6 cm³/mol. The number of hydrogen-bond donors (Lipinski definition) is 3. The summed E-state index contributed by atoms with van der Waals surface area (Å²) in [4.78, 5) is 11.4. The van der Waals surface area contributed by atoms with Crippen LogP contribution in [0.5, 0.6) is 0 Å². The molecule has 2 amide bonds. The number of nitrogens with one attached hydrogen (secondary N) is 2. The molecule has 0 aliphatic carbocycles. The Balaban J connectivity index is 2.19. The maximum absolute atomic E-state index is 11.4. The van der Waals surface area contributed by atoms with Gasteiger partial charge < -0.3 is 15.7 Å². The van der Waals surface area contributed by atoms with E-state index in [9.17, 15) is 9.90 Å². The number of aliphatic hydroxyl groups excluding tert-OH is 1. The summed E-state index contributed by atoms with van der Waals surface area (Å²) in [7, 11) is 0. The topological polar surface area (TPSA) is 61.4 Å². The summed E-state index contributed by atoms with van der Waals surface area (Å²) in [6.45, 7) is 2.84. The van der Waals surface area contributed by atoms with Crippen LogP contribution >= 0.6 is 11.6 Å². The summed E-state index contributed by atoms with van der Waals surface area (Å²) >= 11 is 5.76. The Bertz CT molecular complexity index is 368. The average Bonchev–Trinajstić information content (AvgIpc) is 2.38. The second-order valence-electron chi connectivity index (χ2n) is 4.09. The van der Waals surface area contributed by atoms with Gasteiger partial charge in [0.2, 0.25) is 0 Å². The normalized spacial score (nSPS) is 11.9. The predicted octanol–water partition coefficient (Wildman–Crippen LogP) is 2.30. The lowest BCUT2D eigenvalue weighted by molar-refractivity contribution is 0.160. The Morgan fingerprint density at radius 1 is 1.33 bits per heavy atom. The SMILES string of the molecule is CCC(O)CCNC(=O)NCc1ccc(Cl)cc1. The van der Waals surface area contributed by atoms with Crippen molar-refractivity contribution < 1.29 is 9.90 Å². The van der Waals surface area contributed by atoms with Crippen LogP contribution in [0.25, 0.3) is 0 Å². The highest BCUT2D eigenvalue weighted by Crippen LogP contribution is 2.08. The van der Waals surface area contributed by atoms with Crippen molar-refractivity contribution in [2.75, 3.05) is 6.54 Å². The minimum absolute atomic E-state index is 0.228. The van der Waals surface area contributed by atoms with Crippen molar-refractivity contribution in [1.29, 1.82) is 0 Å². The molecule has 1 aromatic carbocycles. The number of amides is 2. The minimum Gasteiger partial charge on any atom is -0.393 e. The number of urea groups is 1. The van der Waals surface area contributed by atoms with E-state index in [-0.39, 0.29) is 12.1 Å². The van der Waals surface area contributed by atoms with E-state index < -0.39 is 0 Å². The number of carbonyl (C=O) groups is 1. The molecule has 0 saturated carbocycles. The van der Waals surface area contributed by atoms with E-state index in [4.69, 9.17) is 11.6 Å². The molecule has 1 atom stereocenters. The van der Waals surface area contributed by atoms with Crippen molar-refractivity contribution in [2.24, 2.45) is 0 Å². The molecule has 1 unspecified atom stereocenters. The number of benzene rings is 1. The highest BCUT2D eigenvalue weighted by atomic mass is 35.5. The molecule has 0 radical (unpaired) electrons. The summed E-state index contributed by atoms with van der Waals surface area (Å²) in [6.07, 6.45) is 0.931. The summed E-state index contributed by atoms with van der Waals surface area (Å²) in [5, 5.41) is 15.4. The van der Waals surface area contributed by atoms with Gasteiger partial charge in [-0.05, 0) is 30.5 Å². The van der Waals surface area contributed by atoms with E-state index in [1.807, 2.05) is 19.1 Å². The first-order valence-electron chi connectivity index (χ1n) is 6.06. The lowest BCUT2D eigenvalue weighted by atomic mass is 10.2. The van der Waals surface area contributed by atoms with Crippen LogP contribution in [0.2, 0.25) is 5.02 Å². The smallest absolute Gasteiger partial charge is 0.315 e. The number of carbonyl (C=O) groups excluding carboxylic acids is 1. The fourth-order valence-electron chi connectivity index (χ4n) is 1.40. The molecule has 0 aliphatic heterocycles. The lowest BCUT2D eigenvalue weighted by Crippen LogP contribution is -2.36. The maximum atomic E-state index is 11.4. The van der Waals surface area contributed by atoms with Crippen molar-refractivity contribution in [3.05, 3.63) is 34.9 Å². The van der Waals surface area contributed by atoms with Crippen LogP contribution in [-0.4, -0.2) is 23.8 Å². The van der Waals surface area contributed by atoms with E-state index in [2.05, 4.69) is 10.6 Å². The Labute approximate surface area is 112 Å². The minimum atomic E-state index is -0.346. The summed E-state index contributed by atoms with van der Waals surface area (Å²) in [5.41, 5.74) is 0.989. The fourth-order valence-corrected chi connectivity index (χ4v) is 1.53. The van der Waals surface area contributed by atoms with Gasteiger partial charge in [0, 0.05) is 18.1 Å². The molecular weight excluding hydrogens is 252 g/mol. The van der Waals surface area contributed by atoms with E-state index in [0.29, 0.717) is 31.0 Å². The van der Waals surface area contributed by atoms with Crippen LogP contribution in [-0.2, 0) is 6.54 Å². The number of halogens is 1. The van der Waals surface area contributed by atoms with Gasteiger partial charge in [-0.15, -0.1) is 0 Å². The Hall–Kier alpha value is -1.26. The average molecular weight is 271 g/mol. The van der Waals surface area contributed by atoms with Crippen molar-refractivity contribution in [1.82, 2.24) is 10.6 Å². The second kappa shape index (κ2) is 7.95. The first-order chi connectivity index (χ1) is 8.61. The highest BCUT2D eigenvalue weighted by molar-refractivity contribution is 6.30. The molecule has 0 saturated heterocycles. The van der Waals surface area contributed by atoms with E-state index >= 15 is 0 Å². The van der Waals surface area contributed by atoms with Gasteiger partial charge in [0.1, 0.15) is 0 Å². The standard InChI is InChI=1S/C13H19ClN2O2/c1-2-12(17)7-8-15-13(18)16-9-10-3-5-11(14)6-4-10/h3-6,12,17H,2,7-9H2,1H3,(H2,15,16,18). The zero-order valence-corrected chi connectivity index (χ0v) is 11.2. The zero-order valence-electron chi connectivity index (χ0n) is 10.4. The quantitative estimate of drug-likeness (QED) is 0.743. The maximum Gasteiger partial charge on any atom is 0.315 e. The highest BCUT2D eigenvalue weighted by Gasteiger charge is 2.03. The van der Waals surface area contributed by atoms with Gasteiger partial charge in [0.15, 0.2) is 0 Å². The molecule has 0 aromatic heterocycles. The van der Waals surface area contributed by atoms with Crippen LogP contribution in [0.1, 0.15) is 25.3 Å². The third-order valence-electron chi connectivity index (χ3n) is 2.60. The molecule has 0 bridgehead atoms. The third-order valence-corrected chi connectivity index (χ3v) is 2.85. The number of aliphatic hydroxyl groups is 1. The largest absolute Gasteiger partial charge is 0.393 e. The molecule has 100 valence electrons. The van der Waals surface area contributed by atoms with Gasteiger partial charge in [-0.1, -0.05) is 30.7 Å². The van der Waals surface area contributed by atoms with Crippen molar-refractivity contribution in [2.45, 2.75) is 32.4 Å². The first-order valence-corrected chi connectivity index (χ1v) is 6.43. The molecule has 0 fully saturated rings. The van der Waals surface area contributed by atoms with Crippen molar-refractivity contribution in [3.63, 3.8) is 0 Å². The number of rotatable bonds is 6. The van der Waals surface area contributed by atoms with Crippen LogP contribution in [0.4, 0.5) is 4.79 Å². The zero-order chi connectivity index (χ0) is 13.4. The molecule has 0 heterocycles. The Morgan fingerprint density at radius 3 is 2.61 bits per heavy atom. The second-order valence-corrected chi connectivity index (χ2v) is 4.52. The Kier molecular flexibility index (Phi) is 6.54. The molecule has 0 aliphatic rings. The molecule has 18 heavy (non-hydrogen) atoms. The fraction of sp³-hybridized carbons (Fsp3) is 0.462. The molecule has 5 heteroatoms.